The van der Waals surface area contributed by atoms with E-state index in [9.17, 15) is 9.18 Å². The van der Waals surface area contributed by atoms with Gasteiger partial charge < -0.3 is 15.6 Å². The Kier molecular flexibility index (Phi) is 4.10. The summed E-state index contributed by atoms with van der Waals surface area (Å²) < 4.78 is 19.1. The van der Waals surface area contributed by atoms with Gasteiger partial charge in [0.2, 0.25) is 5.88 Å². The summed E-state index contributed by atoms with van der Waals surface area (Å²) in [6.45, 7) is 0. The summed E-state index contributed by atoms with van der Waals surface area (Å²) in [7, 11) is 0. The van der Waals surface area contributed by atoms with E-state index in [4.69, 9.17) is 27.2 Å². The Morgan fingerprint density at radius 2 is 2.15 bits per heavy atom. The first-order valence-corrected chi connectivity index (χ1v) is 6.37. The fourth-order valence-corrected chi connectivity index (χ4v) is 2.08. The van der Waals surface area contributed by atoms with Crippen LogP contribution in [0.4, 0.5) is 10.1 Å². The van der Waals surface area contributed by atoms with E-state index in [0.29, 0.717) is 4.47 Å². The number of nitrogens with two attached hydrogens (primary N) is 1. The molecule has 20 heavy (non-hydrogen) atoms. The Bertz CT molecular complexity index is 697. The Morgan fingerprint density at radius 1 is 1.45 bits per heavy atom. The van der Waals surface area contributed by atoms with Crippen molar-refractivity contribution in [2.75, 3.05) is 5.73 Å². The fraction of sp³-hybridized carbons (Fsp3) is 0. The Labute approximate surface area is 126 Å². The maximum atomic E-state index is 13.4. The van der Waals surface area contributed by atoms with Crippen LogP contribution < -0.4 is 10.5 Å². The third kappa shape index (κ3) is 3.00. The van der Waals surface area contributed by atoms with Gasteiger partial charge in [0.25, 0.3) is 0 Å². The molecule has 8 heteroatoms. The molecule has 0 aliphatic carbocycles. The number of halogens is 3. The summed E-state index contributed by atoms with van der Waals surface area (Å²) in [4.78, 5) is 14.5. The second-order valence-electron chi connectivity index (χ2n) is 3.72. The van der Waals surface area contributed by atoms with Crippen LogP contribution in [0, 0.1) is 5.82 Å². The summed E-state index contributed by atoms with van der Waals surface area (Å²) in [5.74, 6) is -1.73. The number of nitrogen functional groups attached to an aromatic ring is 1. The van der Waals surface area contributed by atoms with Crippen LogP contribution in [0.3, 0.4) is 0 Å². The molecule has 2 aromatic rings. The number of hydrogen-bond donors (Lipinski definition) is 2. The number of carboxylic acid groups (broad SMARTS) is 1. The van der Waals surface area contributed by atoms with Gasteiger partial charge in [-0.2, -0.15) is 0 Å². The van der Waals surface area contributed by atoms with E-state index in [1.165, 1.54) is 12.1 Å². The first-order chi connectivity index (χ1) is 9.38. The number of carbonyl (C=O) groups is 1. The lowest BCUT2D eigenvalue weighted by atomic mass is 10.2. The number of hydrogen-bond acceptors (Lipinski definition) is 4. The average molecular weight is 362 g/mol. The Hall–Kier alpha value is -1.86. The second kappa shape index (κ2) is 5.64. The number of aromatic nitrogens is 1. The van der Waals surface area contributed by atoms with Crippen LogP contribution in [-0.2, 0) is 0 Å². The minimum atomic E-state index is -1.16. The quantitative estimate of drug-likeness (QED) is 0.814. The molecule has 0 bridgehead atoms. The molecule has 0 atom stereocenters. The molecule has 1 heterocycles. The third-order valence-electron chi connectivity index (χ3n) is 2.31. The normalized spacial score (nSPS) is 10.3. The summed E-state index contributed by atoms with van der Waals surface area (Å²) in [6, 6.07) is 3.59. The SMILES string of the molecule is Nc1cc(C(=O)O)cnc1Oc1cc(F)c(Cl)cc1Br. The van der Waals surface area contributed by atoms with Crippen molar-refractivity contribution < 1.29 is 19.0 Å². The van der Waals surface area contributed by atoms with Crippen LogP contribution in [0.1, 0.15) is 10.4 Å². The summed E-state index contributed by atoms with van der Waals surface area (Å²) >= 11 is 8.77. The molecule has 0 spiro atoms. The molecular formula is C12H7BrClFN2O3. The molecule has 1 aromatic carbocycles. The molecule has 5 nitrogen and oxygen atoms in total. The number of benzene rings is 1. The molecule has 1 aromatic heterocycles. The molecule has 0 unspecified atom stereocenters. The van der Waals surface area contributed by atoms with Crippen molar-refractivity contribution in [1.82, 2.24) is 4.98 Å². The van der Waals surface area contributed by atoms with Gasteiger partial charge in [-0.15, -0.1) is 0 Å². The van der Waals surface area contributed by atoms with E-state index in [1.54, 1.807) is 0 Å². The van der Waals surface area contributed by atoms with Gasteiger partial charge >= 0.3 is 5.97 Å². The first-order valence-electron chi connectivity index (χ1n) is 5.19. The maximum Gasteiger partial charge on any atom is 0.337 e. The van der Waals surface area contributed by atoms with Gasteiger partial charge in [0.1, 0.15) is 11.6 Å². The predicted molar refractivity (Wildman–Crippen MR) is 74.8 cm³/mol. The highest BCUT2D eigenvalue weighted by atomic mass is 79.9. The van der Waals surface area contributed by atoms with E-state index in [0.717, 1.165) is 12.3 Å². The second-order valence-corrected chi connectivity index (χ2v) is 4.98. The van der Waals surface area contributed by atoms with Crippen LogP contribution in [-0.4, -0.2) is 16.1 Å². The van der Waals surface area contributed by atoms with Crippen LogP contribution >= 0.6 is 27.5 Å². The number of carboxylic acids is 1. The summed E-state index contributed by atoms with van der Waals surface area (Å²) in [5.41, 5.74) is 5.59. The van der Waals surface area contributed by atoms with Gasteiger partial charge in [-0.25, -0.2) is 14.2 Å². The predicted octanol–water partition coefficient (Wildman–Crippen LogP) is 3.71. The van der Waals surface area contributed by atoms with E-state index in [-0.39, 0.29) is 27.9 Å². The highest BCUT2D eigenvalue weighted by molar-refractivity contribution is 9.10. The zero-order valence-electron chi connectivity index (χ0n) is 9.73. The van der Waals surface area contributed by atoms with Crippen molar-refractivity contribution in [3.63, 3.8) is 0 Å². The third-order valence-corrected chi connectivity index (χ3v) is 3.22. The topological polar surface area (TPSA) is 85.4 Å². The number of nitrogens with zero attached hydrogens (tertiary/aromatic N) is 1. The monoisotopic (exact) mass is 360 g/mol. The van der Waals surface area contributed by atoms with E-state index >= 15 is 0 Å². The van der Waals surface area contributed by atoms with Gasteiger partial charge in [0, 0.05) is 12.3 Å². The molecule has 0 amide bonds. The van der Waals surface area contributed by atoms with Gasteiger partial charge in [-0.05, 0) is 28.1 Å². The van der Waals surface area contributed by atoms with Crippen LogP contribution in [0.15, 0.2) is 28.9 Å². The van der Waals surface area contributed by atoms with Crippen molar-refractivity contribution in [2.45, 2.75) is 0 Å². The van der Waals surface area contributed by atoms with Crippen molar-refractivity contribution in [3.8, 4) is 11.6 Å². The number of aromatic carboxylic acids is 1. The van der Waals surface area contributed by atoms with Crippen molar-refractivity contribution in [1.29, 1.82) is 0 Å². The first kappa shape index (κ1) is 14.5. The Morgan fingerprint density at radius 3 is 2.75 bits per heavy atom. The minimum Gasteiger partial charge on any atom is -0.478 e. The maximum absolute atomic E-state index is 13.4. The van der Waals surface area contributed by atoms with Gasteiger partial charge in [0.15, 0.2) is 0 Å². The Balaban J connectivity index is 2.35. The molecule has 0 aliphatic rings. The van der Waals surface area contributed by atoms with Gasteiger partial charge in [-0.3, -0.25) is 0 Å². The zero-order valence-corrected chi connectivity index (χ0v) is 12.1. The number of rotatable bonds is 3. The highest BCUT2D eigenvalue weighted by Crippen LogP contribution is 2.34. The number of ether oxygens (including phenoxy) is 1. The van der Waals surface area contributed by atoms with Gasteiger partial charge in [0.05, 0.1) is 20.7 Å². The summed E-state index contributed by atoms with van der Waals surface area (Å²) in [6.07, 6.45) is 1.09. The molecule has 2 rings (SSSR count). The van der Waals surface area contributed by atoms with Gasteiger partial charge in [-0.1, -0.05) is 11.6 Å². The molecule has 3 N–H and O–H groups in total. The van der Waals surface area contributed by atoms with Crippen LogP contribution in [0.25, 0.3) is 0 Å². The van der Waals surface area contributed by atoms with Crippen molar-refractivity contribution >= 4 is 39.2 Å². The van der Waals surface area contributed by atoms with E-state index in [1.807, 2.05) is 0 Å². The van der Waals surface area contributed by atoms with Crippen LogP contribution in [0.5, 0.6) is 11.6 Å². The smallest absolute Gasteiger partial charge is 0.337 e. The lowest BCUT2D eigenvalue weighted by Gasteiger charge is -2.10. The summed E-state index contributed by atoms with van der Waals surface area (Å²) in [5, 5.41) is 8.73. The van der Waals surface area contributed by atoms with Crippen molar-refractivity contribution in [2.24, 2.45) is 0 Å². The molecule has 104 valence electrons. The molecule has 0 aliphatic heterocycles. The largest absolute Gasteiger partial charge is 0.478 e. The van der Waals surface area contributed by atoms with Crippen LogP contribution in [0.2, 0.25) is 5.02 Å². The zero-order chi connectivity index (χ0) is 14.9. The lowest BCUT2D eigenvalue weighted by molar-refractivity contribution is 0.0696. The molecule has 0 saturated heterocycles. The number of pyridine rings is 1. The minimum absolute atomic E-state index is 0.0205. The average Bonchev–Trinajstić information content (AvgIpc) is 2.37. The molecule has 0 saturated carbocycles. The lowest BCUT2D eigenvalue weighted by Crippen LogP contribution is -2.02. The standard InChI is InChI=1S/C12H7BrClFN2O3/c13-6-2-7(14)8(15)3-10(6)20-11-9(16)1-5(4-17-11)12(18)19/h1-4H,16H2,(H,18,19). The fourth-order valence-electron chi connectivity index (χ4n) is 1.36. The molecule has 0 radical (unpaired) electrons. The highest BCUT2D eigenvalue weighted by Gasteiger charge is 2.13. The van der Waals surface area contributed by atoms with E-state index in [2.05, 4.69) is 20.9 Å². The van der Waals surface area contributed by atoms with E-state index < -0.39 is 11.8 Å². The van der Waals surface area contributed by atoms with Crippen molar-refractivity contribution in [3.05, 3.63) is 45.3 Å². The molecular weight excluding hydrogens is 354 g/mol. The molecule has 0 fully saturated rings. The number of anilines is 1.